The van der Waals surface area contributed by atoms with Crippen LogP contribution >= 0.6 is 0 Å². The fourth-order valence-corrected chi connectivity index (χ4v) is 2.18. The number of fused-ring (bicyclic) bond motifs is 1. The first kappa shape index (κ1) is 11.6. The Morgan fingerprint density at radius 1 is 1.16 bits per heavy atom. The molecule has 0 N–H and O–H groups in total. The maximum Gasteiger partial charge on any atom is 0.255 e. The Kier molecular flexibility index (Phi) is 2.83. The smallest absolute Gasteiger partial charge is 0.255 e. The third kappa shape index (κ3) is 2.25. The van der Waals surface area contributed by atoms with Crippen LogP contribution in [0.4, 0.5) is 5.69 Å². The molecule has 1 heterocycles. The standard InChI is InChI=1S/C15H14N3O/c1-17(19)13-6-4-5-12(9-13)10-18-11-16-14-7-2-3-8-15(14)18/h2-9,11H,10H2,1H3/q+1. The van der Waals surface area contributed by atoms with Gasteiger partial charge in [-0.05, 0) is 17.7 Å². The van der Waals surface area contributed by atoms with Crippen LogP contribution in [0.15, 0.2) is 54.9 Å². The van der Waals surface area contributed by atoms with E-state index in [-0.39, 0.29) is 0 Å². The molecule has 4 heteroatoms. The molecule has 0 aliphatic rings. The highest BCUT2D eigenvalue weighted by molar-refractivity contribution is 5.75. The summed E-state index contributed by atoms with van der Waals surface area (Å²) in [5.74, 6) is 0. The molecule has 0 aliphatic carbocycles. The second kappa shape index (κ2) is 4.65. The number of hydrogen-bond acceptors (Lipinski definition) is 2. The number of nitrogens with zero attached hydrogens (tertiary/aromatic N) is 3. The van der Waals surface area contributed by atoms with E-state index in [1.54, 1.807) is 0 Å². The lowest BCUT2D eigenvalue weighted by Gasteiger charge is -2.04. The molecule has 1 aromatic heterocycles. The van der Waals surface area contributed by atoms with E-state index in [0.717, 1.165) is 21.4 Å². The van der Waals surface area contributed by atoms with Crippen LogP contribution < -0.4 is 0 Å². The summed E-state index contributed by atoms with van der Waals surface area (Å²) >= 11 is 0. The maximum atomic E-state index is 11.3. The van der Waals surface area contributed by atoms with Gasteiger partial charge in [-0.15, -0.1) is 0 Å². The van der Waals surface area contributed by atoms with Crippen LogP contribution in [-0.2, 0) is 6.54 Å². The molecule has 4 nitrogen and oxygen atoms in total. The van der Waals surface area contributed by atoms with Crippen LogP contribution in [0.25, 0.3) is 11.0 Å². The lowest BCUT2D eigenvalue weighted by atomic mass is 10.2. The predicted octanol–water partition coefficient (Wildman–Crippen LogP) is 3.12. The Morgan fingerprint density at radius 3 is 2.84 bits per heavy atom. The van der Waals surface area contributed by atoms with Gasteiger partial charge in [0.05, 0.1) is 17.4 Å². The minimum Gasteiger partial charge on any atom is -0.326 e. The van der Waals surface area contributed by atoms with Gasteiger partial charge in [-0.2, -0.15) is 0 Å². The van der Waals surface area contributed by atoms with E-state index < -0.39 is 0 Å². The van der Waals surface area contributed by atoms with Crippen molar-refractivity contribution in [1.82, 2.24) is 9.55 Å². The van der Waals surface area contributed by atoms with Crippen molar-refractivity contribution in [2.45, 2.75) is 6.54 Å². The molecule has 94 valence electrons. The average molecular weight is 252 g/mol. The molecule has 0 aliphatic heterocycles. The third-order valence-corrected chi connectivity index (χ3v) is 3.15. The van der Waals surface area contributed by atoms with Crippen LogP contribution in [0.2, 0.25) is 0 Å². The molecule has 3 aromatic rings. The Bertz CT molecular complexity index is 746. The van der Waals surface area contributed by atoms with Gasteiger partial charge in [0, 0.05) is 28.3 Å². The van der Waals surface area contributed by atoms with Gasteiger partial charge in [-0.25, -0.2) is 4.98 Å². The summed E-state index contributed by atoms with van der Waals surface area (Å²) in [5.41, 5.74) is 3.84. The van der Waals surface area contributed by atoms with E-state index in [0.29, 0.717) is 12.2 Å². The summed E-state index contributed by atoms with van der Waals surface area (Å²) in [4.78, 5) is 15.7. The Balaban J connectivity index is 1.97. The van der Waals surface area contributed by atoms with E-state index in [1.165, 1.54) is 7.05 Å². The molecule has 0 spiro atoms. The molecule has 3 rings (SSSR count). The highest BCUT2D eigenvalue weighted by atomic mass is 16.3. The van der Waals surface area contributed by atoms with Gasteiger partial charge < -0.3 is 4.57 Å². The van der Waals surface area contributed by atoms with Gasteiger partial charge in [0.25, 0.3) is 5.69 Å². The summed E-state index contributed by atoms with van der Waals surface area (Å²) in [7, 11) is 1.51. The van der Waals surface area contributed by atoms with Gasteiger partial charge >= 0.3 is 0 Å². The quantitative estimate of drug-likeness (QED) is 0.672. The van der Waals surface area contributed by atoms with Crippen molar-refractivity contribution in [2.75, 3.05) is 7.05 Å². The van der Waals surface area contributed by atoms with Crippen molar-refractivity contribution >= 4 is 16.7 Å². The molecule has 0 saturated heterocycles. The molecule has 19 heavy (non-hydrogen) atoms. The predicted molar refractivity (Wildman–Crippen MR) is 74.5 cm³/mol. The highest BCUT2D eigenvalue weighted by Crippen LogP contribution is 2.17. The monoisotopic (exact) mass is 252 g/mol. The zero-order valence-electron chi connectivity index (χ0n) is 10.7. The Hall–Kier alpha value is -2.49. The first-order chi connectivity index (χ1) is 9.24. The van der Waals surface area contributed by atoms with Crippen molar-refractivity contribution in [3.05, 3.63) is 65.3 Å². The number of hydrogen-bond donors (Lipinski definition) is 0. The van der Waals surface area contributed by atoms with E-state index in [4.69, 9.17) is 0 Å². The second-order valence-electron chi connectivity index (χ2n) is 4.53. The Morgan fingerprint density at radius 2 is 2.00 bits per heavy atom. The van der Waals surface area contributed by atoms with Gasteiger partial charge in [0.15, 0.2) is 7.05 Å². The number of imidazole rings is 1. The van der Waals surface area contributed by atoms with Crippen LogP contribution in [-0.4, -0.2) is 21.4 Å². The first-order valence-corrected chi connectivity index (χ1v) is 6.14. The van der Waals surface area contributed by atoms with Gasteiger partial charge in [0.1, 0.15) is 0 Å². The van der Waals surface area contributed by atoms with E-state index in [9.17, 15) is 4.91 Å². The first-order valence-electron chi connectivity index (χ1n) is 6.14. The van der Waals surface area contributed by atoms with E-state index in [1.807, 2.05) is 54.9 Å². The van der Waals surface area contributed by atoms with Crippen molar-refractivity contribution in [1.29, 1.82) is 0 Å². The average Bonchev–Trinajstić information content (AvgIpc) is 2.83. The second-order valence-corrected chi connectivity index (χ2v) is 4.53. The normalized spacial score (nSPS) is 10.8. The molecule has 0 atom stereocenters. The molecular formula is C15H14N3O+. The largest absolute Gasteiger partial charge is 0.326 e. The minimum absolute atomic E-state index is 0.668. The molecule has 2 aromatic carbocycles. The highest BCUT2D eigenvalue weighted by Gasteiger charge is 2.08. The molecule has 0 amide bonds. The van der Waals surface area contributed by atoms with Crippen LogP contribution in [0.3, 0.4) is 0 Å². The summed E-state index contributed by atoms with van der Waals surface area (Å²) in [6.07, 6.45) is 1.83. The fourth-order valence-electron chi connectivity index (χ4n) is 2.18. The van der Waals surface area contributed by atoms with Crippen molar-refractivity contribution in [2.24, 2.45) is 0 Å². The summed E-state index contributed by atoms with van der Waals surface area (Å²) in [6, 6.07) is 15.7. The lowest BCUT2D eigenvalue weighted by Crippen LogP contribution is -1.99. The van der Waals surface area contributed by atoms with Gasteiger partial charge in [0.2, 0.25) is 0 Å². The maximum absolute atomic E-state index is 11.3. The topological polar surface area (TPSA) is 37.9 Å². The van der Waals surface area contributed by atoms with Gasteiger partial charge in [-0.1, -0.05) is 24.3 Å². The zero-order chi connectivity index (χ0) is 13.2. The van der Waals surface area contributed by atoms with Crippen LogP contribution in [0.1, 0.15) is 5.56 Å². The number of benzene rings is 2. The Labute approximate surface area is 110 Å². The van der Waals surface area contributed by atoms with Crippen molar-refractivity contribution < 1.29 is 4.76 Å². The molecule has 0 radical (unpaired) electrons. The number of rotatable bonds is 3. The van der Waals surface area contributed by atoms with Gasteiger partial charge in [-0.3, -0.25) is 0 Å². The molecule has 0 unspecified atom stereocenters. The molecule has 0 fully saturated rings. The molecule has 0 saturated carbocycles. The van der Waals surface area contributed by atoms with Crippen molar-refractivity contribution in [3.63, 3.8) is 0 Å². The minimum atomic E-state index is 0.668. The molecule has 0 bridgehead atoms. The van der Waals surface area contributed by atoms with E-state index >= 15 is 0 Å². The third-order valence-electron chi connectivity index (χ3n) is 3.15. The van der Waals surface area contributed by atoms with Crippen LogP contribution in [0.5, 0.6) is 0 Å². The number of aromatic nitrogens is 2. The summed E-state index contributed by atoms with van der Waals surface area (Å²) in [5, 5.41) is 0. The summed E-state index contributed by atoms with van der Waals surface area (Å²) < 4.78 is 2.95. The fraction of sp³-hybridized carbons (Fsp3) is 0.133. The van der Waals surface area contributed by atoms with Crippen molar-refractivity contribution in [3.8, 4) is 0 Å². The number of para-hydroxylation sites is 2. The zero-order valence-corrected chi connectivity index (χ0v) is 10.7. The number of nitroso groups, excluding NO2 is 1. The van der Waals surface area contributed by atoms with E-state index in [2.05, 4.69) is 9.55 Å². The van der Waals surface area contributed by atoms with Crippen LogP contribution in [0, 0.1) is 4.91 Å². The summed E-state index contributed by atoms with van der Waals surface area (Å²) in [6.45, 7) is 0.711. The SMILES string of the molecule is C[N+](=O)c1cccc(Cn2cnc3ccccc32)c1. The molecular weight excluding hydrogens is 238 g/mol. The lowest BCUT2D eigenvalue weighted by molar-refractivity contribution is -0.428.